The Morgan fingerprint density at radius 2 is 1.91 bits per heavy atom. The largest absolute Gasteiger partial charge is 0.493 e. The Hall–Kier alpha value is -3.59. The predicted octanol–water partition coefficient (Wildman–Crippen LogP) is 2.57. The van der Waals surface area contributed by atoms with E-state index in [1.165, 1.54) is 7.11 Å². The number of esters is 1. The SMILES string of the molecule is CCOC(=O)c1ccccc1Cn1c(N2CCCC(N)C2)nc2cc(OC)c(OC)cc2c1=O. The summed E-state index contributed by atoms with van der Waals surface area (Å²) < 4.78 is 17.7. The number of aromatic nitrogens is 2. The maximum atomic E-state index is 13.8. The number of methoxy groups -OCH3 is 2. The van der Waals surface area contributed by atoms with E-state index < -0.39 is 5.97 Å². The molecule has 4 rings (SSSR count). The third-order valence-electron chi connectivity index (χ3n) is 6.02. The summed E-state index contributed by atoms with van der Waals surface area (Å²) in [5.74, 6) is 1.03. The van der Waals surface area contributed by atoms with Gasteiger partial charge in [0.15, 0.2) is 11.5 Å². The van der Waals surface area contributed by atoms with Crippen LogP contribution in [0.5, 0.6) is 11.5 Å². The lowest BCUT2D eigenvalue weighted by Crippen LogP contribution is -2.45. The molecule has 0 aliphatic carbocycles. The maximum absolute atomic E-state index is 13.8. The second kappa shape index (κ2) is 10.1. The Balaban J connectivity index is 1.91. The van der Waals surface area contributed by atoms with E-state index in [9.17, 15) is 9.59 Å². The number of nitrogens with zero attached hydrogens (tertiary/aromatic N) is 3. The molecule has 2 aromatic carbocycles. The molecular formula is C25H30N4O5. The van der Waals surface area contributed by atoms with E-state index >= 15 is 0 Å². The summed E-state index contributed by atoms with van der Waals surface area (Å²) in [7, 11) is 3.07. The van der Waals surface area contributed by atoms with Crippen LogP contribution in [0.4, 0.5) is 5.95 Å². The van der Waals surface area contributed by atoms with E-state index in [4.69, 9.17) is 24.9 Å². The highest BCUT2D eigenvalue weighted by Crippen LogP contribution is 2.31. The monoisotopic (exact) mass is 466 g/mol. The first kappa shape index (κ1) is 23.6. The third kappa shape index (κ3) is 4.56. The van der Waals surface area contributed by atoms with Gasteiger partial charge in [-0.15, -0.1) is 0 Å². The van der Waals surface area contributed by atoms with Crippen LogP contribution in [0.25, 0.3) is 10.9 Å². The van der Waals surface area contributed by atoms with E-state index in [0.717, 1.165) is 19.4 Å². The lowest BCUT2D eigenvalue weighted by atomic mass is 10.1. The fraction of sp³-hybridized carbons (Fsp3) is 0.400. The summed E-state index contributed by atoms with van der Waals surface area (Å²) in [6, 6.07) is 10.5. The Kier molecular flexibility index (Phi) is 7.02. The molecule has 9 heteroatoms. The van der Waals surface area contributed by atoms with Gasteiger partial charge >= 0.3 is 5.97 Å². The number of fused-ring (bicyclic) bond motifs is 1. The van der Waals surface area contributed by atoms with Crippen LogP contribution in [0.2, 0.25) is 0 Å². The quantitative estimate of drug-likeness (QED) is 0.529. The van der Waals surface area contributed by atoms with Crippen molar-refractivity contribution >= 4 is 22.8 Å². The molecule has 9 nitrogen and oxygen atoms in total. The van der Waals surface area contributed by atoms with Gasteiger partial charge in [-0.25, -0.2) is 9.78 Å². The number of carbonyl (C=O) groups excluding carboxylic acids is 1. The van der Waals surface area contributed by atoms with Crippen molar-refractivity contribution in [1.82, 2.24) is 9.55 Å². The first-order chi connectivity index (χ1) is 16.5. The fourth-order valence-corrected chi connectivity index (χ4v) is 4.35. The van der Waals surface area contributed by atoms with Gasteiger partial charge in [0, 0.05) is 25.2 Å². The van der Waals surface area contributed by atoms with Crippen molar-refractivity contribution in [2.45, 2.75) is 32.4 Å². The first-order valence-corrected chi connectivity index (χ1v) is 11.4. The predicted molar refractivity (Wildman–Crippen MR) is 130 cm³/mol. The van der Waals surface area contributed by atoms with Crippen LogP contribution in [0.15, 0.2) is 41.2 Å². The van der Waals surface area contributed by atoms with Crippen LogP contribution in [0.3, 0.4) is 0 Å². The van der Waals surface area contributed by atoms with Gasteiger partial charge in [-0.05, 0) is 37.5 Å². The number of hydrogen-bond acceptors (Lipinski definition) is 8. The molecule has 1 saturated heterocycles. The number of rotatable bonds is 7. The van der Waals surface area contributed by atoms with Gasteiger partial charge in [0.05, 0.1) is 43.8 Å². The van der Waals surface area contributed by atoms with Gasteiger partial charge in [0.2, 0.25) is 5.95 Å². The Labute approximate surface area is 198 Å². The zero-order valence-corrected chi connectivity index (χ0v) is 19.7. The molecule has 3 aromatic rings. The molecule has 0 radical (unpaired) electrons. The summed E-state index contributed by atoms with van der Waals surface area (Å²) in [5, 5.41) is 0.399. The lowest BCUT2D eigenvalue weighted by Gasteiger charge is -2.33. The number of benzene rings is 2. The fourth-order valence-electron chi connectivity index (χ4n) is 4.35. The van der Waals surface area contributed by atoms with E-state index in [2.05, 4.69) is 0 Å². The minimum atomic E-state index is -0.423. The van der Waals surface area contributed by atoms with Crippen molar-refractivity contribution in [3.05, 3.63) is 57.9 Å². The number of nitrogens with two attached hydrogens (primary N) is 1. The van der Waals surface area contributed by atoms with Crippen LogP contribution >= 0.6 is 0 Å². The molecule has 2 N–H and O–H groups in total. The van der Waals surface area contributed by atoms with Crippen molar-refractivity contribution in [2.24, 2.45) is 5.73 Å². The minimum Gasteiger partial charge on any atom is -0.493 e. The Morgan fingerprint density at radius 3 is 2.62 bits per heavy atom. The van der Waals surface area contributed by atoms with Crippen LogP contribution < -0.4 is 25.7 Å². The standard InChI is InChI=1S/C25H30N4O5/c1-4-34-24(31)18-10-6-5-8-16(18)14-29-23(30)19-12-21(32-2)22(33-3)13-20(19)27-25(29)28-11-7-9-17(26)15-28/h5-6,8,10,12-13,17H,4,7,9,11,14-15,26H2,1-3H3. The van der Waals surface area contributed by atoms with E-state index in [0.29, 0.717) is 46.0 Å². The topological polar surface area (TPSA) is 109 Å². The Morgan fingerprint density at radius 1 is 1.18 bits per heavy atom. The maximum Gasteiger partial charge on any atom is 0.338 e. The summed E-state index contributed by atoms with van der Waals surface area (Å²) in [5.41, 5.74) is 7.61. The van der Waals surface area contributed by atoms with Crippen LogP contribution in [0, 0.1) is 0 Å². The van der Waals surface area contributed by atoms with Crippen LogP contribution in [-0.2, 0) is 11.3 Å². The van der Waals surface area contributed by atoms with Gasteiger partial charge < -0.3 is 24.8 Å². The highest BCUT2D eigenvalue weighted by atomic mass is 16.5. The number of anilines is 1. The summed E-state index contributed by atoms with van der Waals surface area (Å²) in [4.78, 5) is 33.3. The van der Waals surface area contributed by atoms with Gasteiger partial charge in [-0.1, -0.05) is 18.2 Å². The zero-order valence-electron chi connectivity index (χ0n) is 19.7. The van der Waals surface area contributed by atoms with Gasteiger partial charge in [-0.2, -0.15) is 0 Å². The number of carbonyl (C=O) groups is 1. The van der Waals surface area contributed by atoms with Crippen LogP contribution in [-0.4, -0.2) is 55.5 Å². The van der Waals surface area contributed by atoms with Crippen molar-refractivity contribution in [3.63, 3.8) is 0 Å². The second-order valence-electron chi connectivity index (χ2n) is 8.25. The number of hydrogen-bond donors (Lipinski definition) is 1. The second-order valence-corrected chi connectivity index (χ2v) is 8.25. The first-order valence-electron chi connectivity index (χ1n) is 11.4. The van der Waals surface area contributed by atoms with Crippen molar-refractivity contribution < 1.29 is 19.0 Å². The average Bonchev–Trinajstić information content (AvgIpc) is 2.85. The molecule has 0 saturated carbocycles. The highest BCUT2D eigenvalue weighted by Gasteiger charge is 2.24. The number of ether oxygens (including phenoxy) is 3. The normalized spacial score (nSPS) is 15.9. The third-order valence-corrected chi connectivity index (χ3v) is 6.02. The molecule has 34 heavy (non-hydrogen) atoms. The number of piperidine rings is 1. The van der Waals surface area contributed by atoms with E-state index in [1.54, 1.807) is 42.9 Å². The molecule has 0 bridgehead atoms. The molecule has 2 heterocycles. The average molecular weight is 467 g/mol. The Bertz CT molecular complexity index is 1260. The van der Waals surface area contributed by atoms with Gasteiger partial charge in [-0.3, -0.25) is 9.36 Å². The zero-order chi connectivity index (χ0) is 24.2. The molecule has 1 aliphatic rings. The smallest absolute Gasteiger partial charge is 0.338 e. The van der Waals surface area contributed by atoms with Gasteiger partial charge in [0.1, 0.15) is 0 Å². The molecule has 1 aliphatic heterocycles. The minimum absolute atomic E-state index is 0.00739. The molecule has 1 atom stereocenters. The van der Waals surface area contributed by atoms with Crippen molar-refractivity contribution in [3.8, 4) is 11.5 Å². The molecule has 1 unspecified atom stereocenters. The molecule has 0 amide bonds. The molecule has 0 spiro atoms. The van der Waals surface area contributed by atoms with Crippen LogP contribution in [0.1, 0.15) is 35.7 Å². The molecule has 1 aromatic heterocycles. The van der Waals surface area contributed by atoms with Crippen molar-refractivity contribution in [1.29, 1.82) is 0 Å². The molecule has 180 valence electrons. The molecular weight excluding hydrogens is 436 g/mol. The van der Waals surface area contributed by atoms with E-state index in [-0.39, 0.29) is 24.8 Å². The lowest BCUT2D eigenvalue weighted by molar-refractivity contribution is 0.0525. The van der Waals surface area contributed by atoms with Crippen molar-refractivity contribution in [2.75, 3.05) is 38.8 Å². The molecule has 1 fully saturated rings. The summed E-state index contributed by atoms with van der Waals surface area (Å²) in [6.07, 6.45) is 1.82. The van der Waals surface area contributed by atoms with Gasteiger partial charge in [0.25, 0.3) is 5.56 Å². The van der Waals surface area contributed by atoms with E-state index in [1.807, 2.05) is 17.0 Å². The highest BCUT2D eigenvalue weighted by molar-refractivity contribution is 5.91. The summed E-state index contributed by atoms with van der Waals surface area (Å²) in [6.45, 7) is 3.51. The summed E-state index contributed by atoms with van der Waals surface area (Å²) >= 11 is 0.